The Morgan fingerprint density at radius 3 is 1.78 bits per heavy atom. The van der Waals surface area contributed by atoms with Crippen LogP contribution in [0.25, 0.3) is 0 Å². The summed E-state index contributed by atoms with van der Waals surface area (Å²) >= 11 is 0. The van der Waals surface area contributed by atoms with Crippen molar-refractivity contribution in [3.8, 4) is 0 Å². The van der Waals surface area contributed by atoms with Gasteiger partial charge in [0.15, 0.2) is 6.10 Å². The molecule has 2 unspecified atom stereocenters. The predicted molar refractivity (Wildman–Crippen MR) is 164 cm³/mol. The molecule has 0 bridgehead atoms. The number of allylic oxidation sites excluding steroid dienone is 2. The van der Waals surface area contributed by atoms with E-state index in [-0.39, 0.29) is 32.6 Å². The molecular weight excluding hydrogens is 545 g/mol. The smallest absolute Gasteiger partial charge is 0.462 e. The summed E-state index contributed by atoms with van der Waals surface area (Å²) in [5.74, 6) is -0.891. The molecule has 0 spiro atoms. The highest BCUT2D eigenvalue weighted by atomic mass is 31.2. The van der Waals surface area contributed by atoms with Crippen molar-refractivity contribution in [2.45, 2.75) is 148 Å². The van der Waals surface area contributed by atoms with E-state index >= 15 is 0 Å². The van der Waals surface area contributed by atoms with E-state index in [1.807, 2.05) is 6.92 Å². The van der Waals surface area contributed by atoms with E-state index in [2.05, 4.69) is 23.6 Å². The Bertz CT molecular complexity index is 704. The molecule has 0 saturated carbocycles. The molecule has 0 rings (SSSR count). The molecule has 0 aromatic rings. The van der Waals surface area contributed by atoms with Crippen LogP contribution in [-0.4, -0.2) is 49.3 Å². The number of ether oxygens (including phenoxy) is 2. The molecule has 41 heavy (non-hydrogen) atoms. The van der Waals surface area contributed by atoms with Crippen LogP contribution >= 0.6 is 7.82 Å². The molecule has 0 fully saturated rings. The molecule has 0 aliphatic carbocycles. The lowest BCUT2D eigenvalue weighted by atomic mass is 10.1. The molecule has 0 aliphatic rings. The van der Waals surface area contributed by atoms with Gasteiger partial charge in [0.2, 0.25) is 0 Å². The summed E-state index contributed by atoms with van der Waals surface area (Å²) in [5.41, 5.74) is 5.27. The monoisotopic (exact) mass is 605 g/mol. The Labute approximate surface area is 249 Å². The van der Waals surface area contributed by atoms with Crippen LogP contribution in [0.2, 0.25) is 0 Å². The Balaban J connectivity index is 3.90. The predicted octanol–water partition coefficient (Wildman–Crippen LogP) is 7.93. The highest BCUT2D eigenvalue weighted by Crippen LogP contribution is 2.43. The molecule has 0 radical (unpaired) electrons. The zero-order valence-electron chi connectivity index (χ0n) is 26.0. The van der Waals surface area contributed by atoms with Gasteiger partial charge in [0.05, 0.1) is 13.2 Å². The Hall–Kier alpha value is -1.25. The highest BCUT2D eigenvalue weighted by molar-refractivity contribution is 7.47. The number of unbranched alkanes of at least 4 members (excludes halogenated alkanes) is 15. The van der Waals surface area contributed by atoms with Gasteiger partial charge in [-0.15, -0.1) is 0 Å². The molecular formula is C31H60NO8P. The van der Waals surface area contributed by atoms with Crippen LogP contribution in [0.1, 0.15) is 142 Å². The van der Waals surface area contributed by atoms with Gasteiger partial charge < -0.3 is 20.1 Å². The molecule has 2 atom stereocenters. The average Bonchev–Trinajstić information content (AvgIpc) is 2.94. The van der Waals surface area contributed by atoms with Crippen LogP contribution < -0.4 is 5.73 Å². The van der Waals surface area contributed by atoms with Crippen molar-refractivity contribution in [3.63, 3.8) is 0 Å². The van der Waals surface area contributed by atoms with E-state index in [1.165, 1.54) is 83.5 Å². The second-order valence-electron chi connectivity index (χ2n) is 10.7. The van der Waals surface area contributed by atoms with Gasteiger partial charge in [-0.25, -0.2) is 4.57 Å². The summed E-state index contributed by atoms with van der Waals surface area (Å²) in [6, 6.07) is 0. The molecule has 0 aromatic heterocycles. The first-order valence-corrected chi connectivity index (χ1v) is 17.7. The van der Waals surface area contributed by atoms with Gasteiger partial charge in [0.1, 0.15) is 6.61 Å². The van der Waals surface area contributed by atoms with Crippen molar-refractivity contribution in [2.24, 2.45) is 5.73 Å². The van der Waals surface area contributed by atoms with E-state index < -0.39 is 32.5 Å². The number of hydrogen-bond acceptors (Lipinski definition) is 8. The summed E-state index contributed by atoms with van der Waals surface area (Å²) in [4.78, 5) is 33.7. The van der Waals surface area contributed by atoms with Gasteiger partial charge in [-0.1, -0.05) is 103 Å². The van der Waals surface area contributed by atoms with Gasteiger partial charge in [-0.2, -0.15) is 0 Å². The summed E-state index contributed by atoms with van der Waals surface area (Å²) in [6.07, 6.45) is 25.5. The van der Waals surface area contributed by atoms with Crippen LogP contribution in [-0.2, 0) is 32.7 Å². The first-order chi connectivity index (χ1) is 19.8. The molecule has 0 amide bonds. The third-order valence-electron chi connectivity index (χ3n) is 6.62. The Kier molecular flexibility index (Phi) is 28.0. The first kappa shape index (κ1) is 39.8. The number of carbonyl (C=O) groups excluding carboxylic acids is 2. The third-order valence-corrected chi connectivity index (χ3v) is 7.61. The Morgan fingerprint density at radius 2 is 1.24 bits per heavy atom. The molecule has 242 valence electrons. The molecule has 0 heterocycles. The number of esters is 2. The maximum absolute atomic E-state index is 12.3. The third kappa shape index (κ3) is 28.6. The van der Waals surface area contributed by atoms with Gasteiger partial charge in [-0.3, -0.25) is 18.6 Å². The zero-order chi connectivity index (χ0) is 30.4. The number of phosphoric acid groups is 1. The van der Waals surface area contributed by atoms with Gasteiger partial charge in [0.25, 0.3) is 0 Å². The van der Waals surface area contributed by atoms with Crippen molar-refractivity contribution in [3.05, 3.63) is 12.2 Å². The minimum atomic E-state index is -4.34. The fourth-order valence-electron chi connectivity index (χ4n) is 4.25. The van der Waals surface area contributed by atoms with Crippen LogP contribution in [0.4, 0.5) is 0 Å². The number of hydrogen-bond donors (Lipinski definition) is 2. The van der Waals surface area contributed by atoms with Crippen LogP contribution in [0.3, 0.4) is 0 Å². The number of nitrogens with two attached hydrogens (primary N) is 1. The summed E-state index contributed by atoms with van der Waals surface area (Å²) < 4.78 is 31.9. The van der Waals surface area contributed by atoms with Gasteiger partial charge >= 0.3 is 19.8 Å². The molecule has 10 heteroatoms. The summed E-state index contributed by atoms with van der Waals surface area (Å²) in [5, 5.41) is 0. The van der Waals surface area contributed by atoms with Crippen molar-refractivity contribution in [1.82, 2.24) is 0 Å². The second-order valence-corrected chi connectivity index (χ2v) is 12.1. The minimum absolute atomic E-state index is 0.0538. The molecule has 9 nitrogen and oxygen atoms in total. The number of phosphoric ester groups is 1. The molecule has 0 aromatic carbocycles. The van der Waals surface area contributed by atoms with E-state index in [9.17, 15) is 19.0 Å². The topological polar surface area (TPSA) is 134 Å². The summed E-state index contributed by atoms with van der Waals surface area (Å²) in [7, 11) is -4.34. The van der Waals surface area contributed by atoms with Crippen LogP contribution in [0.5, 0.6) is 0 Å². The second kappa shape index (κ2) is 28.9. The largest absolute Gasteiger partial charge is 0.472 e. The lowest BCUT2D eigenvalue weighted by Gasteiger charge is -2.19. The first-order valence-electron chi connectivity index (χ1n) is 16.2. The standard InChI is InChI=1S/C31H60NO8P/c1-3-5-6-7-8-9-10-11-12-13-14-15-16-17-18-19-20-21-22-24-31(34)40-29(27-37-30(33)23-4-2)28-39-41(35,36)38-26-25-32/h11-12,29H,3-10,13-28,32H2,1-2H3,(H,35,36)/b12-11-. The van der Waals surface area contributed by atoms with Crippen molar-refractivity contribution in [2.75, 3.05) is 26.4 Å². The van der Waals surface area contributed by atoms with E-state index in [0.717, 1.165) is 19.3 Å². The fraction of sp³-hybridized carbons (Fsp3) is 0.871. The molecule has 0 aliphatic heterocycles. The summed E-state index contributed by atoms with van der Waals surface area (Å²) in [6.45, 7) is 3.32. The highest BCUT2D eigenvalue weighted by Gasteiger charge is 2.25. The lowest BCUT2D eigenvalue weighted by Crippen LogP contribution is -2.29. The van der Waals surface area contributed by atoms with E-state index in [4.69, 9.17) is 19.7 Å². The molecule has 3 N–H and O–H groups in total. The maximum Gasteiger partial charge on any atom is 0.472 e. The maximum atomic E-state index is 12.3. The number of carbonyl (C=O) groups is 2. The quantitative estimate of drug-likeness (QED) is 0.0362. The molecule has 0 saturated heterocycles. The Morgan fingerprint density at radius 1 is 0.707 bits per heavy atom. The van der Waals surface area contributed by atoms with Crippen molar-refractivity contribution >= 4 is 19.8 Å². The minimum Gasteiger partial charge on any atom is -0.462 e. The number of rotatable bonds is 30. The van der Waals surface area contributed by atoms with Crippen molar-refractivity contribution < 1.29 is 37.6 Å². The SMILES string of the molecule is CCCCCCCC/C=C\CCCCCCCCCCCC(=O)OC(COC(=O)CCC)COP(=O)(O)OCCN. The lowest BCUT2D eigenvalue weighted by molar-refractivity contribution is -0.161. The van der Waals surface area contributed by atoms with Crippen LogP contribution in [0, 0.1) is 0 Å². The average molecular weight is 606 g/mol. The van der Waals surface area contributed by atoms with Gasteiger partial charge in [0, 0.05) is 19.4 Å². The van der Waals surface area contributed by atoms with E-state index in [1.54, 1.807) is 0 Å². The van der Waals surface area contributed by atoms with Gasteiger partial charge in [-0.05, 0) is 38.5 Å². The van der Waals surface area contributed by atoms with E-state index in [0.29, 0.717) is 12.8 Å². The zero-order valence-corrected chi connectivity index (χ0v) is 26.9. The van der Waals surface area contributed by atoms with Crippen molar-refractivity contribution in [1.29, 1.82) is 0 Å². The fourth-order valence-corrected chi connectivity index (χ4v) is 5.02. The van der Waals surface area contributed by atoms with Crippen LogP contribution in [0.15, 0.2) is 12.2 Å². The normalized spacial score (nSPS) is 13.8.